The van der Waals surface area contributed by atoms with E-state index in [9.17, 15) is 17.2 Å². The van der Waals surface area contributed by atoms with E-state index in [1.54, 1.807) is 0 Å². The Kier molecular flexibility index (Phi) is 3.77. The molecular weight excluding hydrogens is 226 g/mol. The van der Waals surface area contributed by atoms with Crippen molar-refractivity contribution in [2.24, 2.45) is 0 Å². The quantitative estimate of drug-likeness (QED) is 0.746. The first-order valence-corrected chi connectivity index (χ1v) is 4.28. The van der Waals surface area contributed by atoms with Crippen molar-refractivity contribution >= 4 is 22.5 Å². The van der Waals surface area contributed by atoms with Gasteiger partial charge in [-0.25, -0.2) is 8.78 Å². The summed E-state index contributed by atoms with van der Waals surface area (Å²) in [6, 6.07) is 2.51. The van der Waals surface area contributed by atoms with E-state index < -0.39 is 26.6 Å². The molecule has 1 aromatic carbocycles. The molecule has 0 radical (unpaired) electrons. The van der Waals surface area contributed by atoms with Gasteiger partial charge in [-0.1, -0.05) is 6.07 Å². The standard InChI is InChI=1S/C6H4F2O3S.ClH/c7-4-2-1-3-5(6(4)8)12(9,10)11;/h1-3H,(H,9,10,11);1H. The van der Waals surface area contributed by atoms with Crippen LogP contribution in [0.2, 0.25) is 0 Å². The molecule has 0 bridgehead atoms. The molecular formula is C6H5ClF2O3S. The Bertz CT molecular complexity index is 404. The van der Waals surface area contributed by atoms with Gasteiger partial charge in [-0.2, -0.15) is 8.42 Å². The molecule has 74 valence electrons. The second-order valence-corrected chi connectivity index (χ2v) is 3.42. The molecule has 13 heavy (non-hydrogen) atoms. The summed E-state index contributed by atoms with van der Waals surface area (Å²) in [5, 5.41) is 0. The highest BCUT2D eigenvalue weighted by Gasteiger charge is 2.17. The van der Waals surface area contributed by atoms with Gasteiger partial charge in [-0.15, -0.1) is 12.4 Å². The third kappa shape index (κ3) is 2.61. The Hall–Kier alpha value is -0.720. The highest BCUT2D eigenvalue weighted by Crippen LogP contribution is 2.15. The molecule has 1 aromatic rings. The Morgan fingerprint density at radius 2 is 1.77 bits per heavy atom. The fraction of sp³-hybridized carbons (Fsp3) is 0. The van der Waals surface area contributed by atoms with Gasteiger partial charge in [-0.3, -0.25) is 4.55 Å². The van der Waals surface area contributed by atoms with Crippen molar-refractivity contribution in [3.05, 3.63) is 29.8 Å². The molecule has 0 aliphatic carbocycles. The van der Waals surface area contributed by atoms with Crippen LogP contribution in [0.5, 0.6) is 0 Å². The van der Waals surface area contributed by atoms with Gasteiger partial charge in [0.1, 0.15) is 4.90 Å². The lowest BCUT2D eigenvalue weighted by molar-refractivity contribution is 0.454. The molecule has 1 rings (SSSR count). The van der Waals surface area contributed by atoms with E-state index in [0.717, 1.165) is 18.2 Å². The van der Waals surface area contributed by atoms with Gasteiger partial charge < -0.3 is 0 Å². The maximum Gasteiger partial charge on any atom is 0.297 e. The van der Waals surface area contributed by atoms with Crippen LogP contribution in [-0.2, 0) is 10.1 Å². The smallest absolute Gasteiger partial charge is 0.282 e. The highest BCUT2D eigenvalue weighted by molar-refractivity contribution is 7.85. The first kappa shape index (κ1) is 12.3. The van der Waals surface area contributed by atoms with Gasteiger partial charge in [0.15, 0.2) is 11.6 Å². The maximum atomic E-state index is 12.6. The van der Waals surface area contributed by atoms with Crippen molar-refractivity contribution in [2.45, 2.75) is 4.90 Å². The van der Waals surface area contributed by atoms with E-state index in [4.69, 9.17) is 4.55 Å². The molecule has 0 aromatic heterocycles. The SMILES string of the molecule is Cl.O=S(=O)(O)c1cccc(F)c1F. The first-order valence-electron chi connectivity index (χ1n) is 2.84. The molecule has 0 amide bonds. The van der Waals surface area contributed by atoms with Gasteiger partial charge in [0.05, 0.1) is 0 Å². The van der Waals surface area contributed by atoms with Gasteiger partial charge in [-0.05, 0) is 12.1 Å². The van der Waals surface area contributed by atoms with Crippen LogP contribution in [0.1, 0.15) is 0 Å². The van der Waals surface area contributed by atoms with Crippen LogP contribution in [0.15, 0.2) is 23.1 Å². The lowest BCUT2D eigenvalue weighted by atomic mass is 10.3. The summed E-state index contributed by atoms with van der Waals surface area (Å²) in [6.45, 7) is 0. The summed E-state index contributed by atoms with van der Waals surface area (Å²) in [4.78, 5) is -1.05. The number of hydrogen-bond donors (Lipinski definition) is 1. The predicted molar refractivity (Wildman–Crippen MR) is 43.4 cm³/mol. The zero-order chi connectivity index (χ0) is 9.35. The van der Waals surface area contributed by atoms with Crippen molar-refractivity contribution in [3.8, 4) is 0 Å². The van der Waals surface area contributed by atoms with Crippen LogP contribution >= 0.6 is 12.4 Å². The molecule has 0 spiro atoms. The van der Waals surface area contributed by atoms with E-state index in [2.05, 4.69) is 0 Å². The molecule has 0 aliphatic rings. The first-order chi connectivity index (χ1) is 5.43. The van der Waals surface area contributed by atoms with Crippen LogP contribution in [-0.4, -0.2) is 13.0 Å². The van der Waals surface area contributed by atoms with Crippen LogP contribution in [0, 0.1) is 11.6 Å². The normalized spacial score (nSPS) is 10.7. The molecule has 0 aliphatic heterocycles. The summed E-state index contributed by atoms with van der Waals surface area (Å²) in [7, 11) is -4.67. The number of rotatable bonds is 1. The Morgan fingerprint density at radius 3 is 2.15 bits per heavy atom. The third-order valence-electron chi connectivity index (χ3n) is 1.19. The summed E-state index contributed by atoms with van der Waals surface area (Å²) in [5.74, 6) is -2.88. The van der Waals surface area contributed by atoms with E-state index in [0.29, 0.717) is 0 Å². The highest BCUT2D eigenvalue weighted by atomic mass is 35.5. The van der Waals surface area contributed by atoms with Gasteiger partial charge in [0.2, 0.25) is 0 Å². The van der Waals surface area contributed by atoms with E-state index in [1.165, 1.54) is 0 Å². The van der Waals surface area contributed by atoms with Crippen LogP contribution in [0.3, 0.4) is 0 Å². The molecule has 0 unspecified atom stereocenters. The van der Waals surface area contributed by atoms with Crippen molar-refractivity contribution < 1.29 is 21.8 Å². The lowest BCUT2D eigenvalue weighted by Crippen LogP contribution is -2.02. The molecule has 0 fully saturated rings. The van der Waals surface area contributed by atoms with Crippen LogP contribution < -0.4 is 0 Å². The van der Waals surface area contributed by atoms with Crippen molar-refractivity contribution in [1.29, 1.82) is 0 Å². The van der Waals surface area contributed by atoms with E-state index in [-0.39, 0.29) is 12.4 Å². The van der Waals surface area contributed by atoms with E-state index >= 15 is 0 Å². The lowest BCUT2D eigenvalue weighted by Gasteiger charge is -1.98. The van der Waals surface area contributed by atoms with Gasteiger partial charge in [0.25, 0.3) is 10.1 Å². The molecule has 0 heterocycles. The minimum Gasteiger partial charge on any atom is -0.282 e. The topological polar surface area (TPSA) is 54.4 Å². The Morgan fingerprint density at radius 1 is 1.23 bits per heavy atom. The van der Waals surface area contributed by atoms with Crippen molar-refractivity contribution in [2.75, 3.05) is 0 Å². The van der Waals surface area contributed by atoms with E-state index in [1.807, 2.05) is 0 Å². The fourth-order valence-electron chi connectivity index (χ4n) is 0.683. The monoisotopic (exact) mass is 230 g/mol. The number of benzene rings is 1. The molecule has 3 nitrogen and oxygen atoms in total. The summed E-state index contributed by atoms with van der Waals surface area (Å²) in [5.41, 5.74) is 0. The van der Waals surface area contributed by atoms with Crippen LogP contribution in [0.4, 0.5) is 8.78 Å². The zero-order valence-electron chi connectivity index (χ0n) is 6.07. The maximum absolute atomic E-state index is 12.6. The second kappa shape index (κ2) is 3.99. The zero-order valence-corrected chi connectivity index (χ0v) is 7.70. The molecule has 1 N–H and O–H groups in total. The molecule has 0 atom stereocenters. The number of halogens is 3. The van der Waals surface area contributed by atoms with Gasteiger partial charge >= 0.3 is 0 Å². The van der Waals surface area contributed by atoms with Crippen LogP contribution in [0.25, 0.3) is 0 Å². The molecule has 7 heteroatoms. The molecule has 0 saturated heterocycles. The minimum atomic E-state index is -4.67. The Labute approximate surface area is 79.5 Å². The summed E-state index contributed by atoms with van der Waals surface area (Å²) >= 11 is 0. The number of hydrogen-bond acceptors (Lipinski definition) is 2. The Balaban J connectivity index is 0.00000144. The largest absolute Gasteiger partial charge is 0.297 e. The predicted octanol–water partition coefficient (Wildman–Crippen LogP) is 1.63. The summed E-state index contributed by atoms with van der Waals surface area (Å²) < 4.78 is 54.0. The summed E-state index contributed by atoms with van der Waals surface area (Å²) in [6.07, 6.45) is 0. The fourth-order valence-corrected chi connectivity index (χ4v) is 1.26. The van der Waals surface area contributed by atoms with Crippen molar-refractivity contribution in [1.82, 2.24) is 0 Å². The third-order valence-corrected chi connectivity index (χ3v) is 2.07. The second-order valence-electron chi connectivity index (χ2n) is 2.03. The average Bonchev–Trinajstić information content (AvgIpc) is 1.92. The van der Waals surface area contributed by atoms with Gasteiger partial charge in [0, 0.05) is 0 Å². The molecule has 0 saturated carbocycles. The minimum absolute atomic E-state index is 0. The van der Waals surface area contributed by atoms with Crippen molar-refractivity contribution in [3.63, 3.8) is 0 Å². The average molecular weight is 231 g/mol.